The van der Waals surface area contributed by atoms with Crippen LogP contribution in [0.2, 0.25) is 15.1 Å². The van der Waals surface area contributed by atoms with Gasteiger partial charge in [-0.3, -0.25) is 0 Å². The molecule has 0 aliphatic rings. The Kier molecular flexibility index (Phi) is 6.68. The Morgan fingerprint density at radius 2 is 1.58 bits per heavy atom. The van der Waals surface area contributed by atoms with E-state index in [1.165, 1.54) is 5.56 Å². The number of hydrogen-bond acceptors (Lipinski definition) is 2. The molecule has 5 heteroatoms. The molecular weight excluding hydrogens is 365 g/mol. The van der Waals surface area contributed by atoms with Crippen LogP contribution < -0.4 is 10.1 Å². The summed E-state index contributed by atoms with van der Waals surface area (Å²) in [4.78, 5) is 0. The van der Waals surface area contributed by atoms with Crippen LogP contribution in [0, 0.1) is 0 Å². The van der Waals surface area contributed by atoms with Crippen molar-refractivity contribution in [2.75, 3.05) is 18.5 Å². The first-order valence-electron chi connectivity index (χ1n) is 7.95. The fourth-order valence-corrected chi connectivity index (χ4v) is 2.83. The standard InChI is InChI=1S/C19H22Cl3NO/c1-4-19(2,3)13-5-7-14(8-6-13)24-10-9-23-18-12-16(21)15(20)11-17(18)22/h5-8,11-12,23H,4,9-10H2,1-3H3. The van der Waals surface area contributed by atoms with Crippen molar-refractivity contribution in [1.29, 1.82) is 0 Å². The van der Waals surface area contributed by atoms with E-state index in [1.54, 1.807) is 12.1 Å². The highest BCUT2D eigenvalue weighted by molar-refractivity contribution is 6.44. The Labute approximate surface area is 159 Å². The molecule has 2 nitrogen and oxygen atoms in total. The van der Waals surface area contributed by atoms with Gasteiger partial charge in [-0.05, 0) is 41.7 Å². The normalized spacial score (nSPS) is 11.4. The van der Waals surface area contributed by atoms with Gasteiger partial charge in [0.05, 0.1) is 20.8 Å². The zero-order valence-electron chi connectivity index (χ0n) is 14.1. The third-order valence-electron chi connectivity index (χ3n) is 4.22. The summed E-state index contributed by atoms with van der Waals surface area (Å²) in [5.74, 6) is 0.854. The molecule has 2 aromatic rings. The minimum absolute atomic E-state index is 0.185. The van der Waals surface area contributed by atoms with Crippen molar-refractivity contribution in [3.63, 3.8) is 0 Å². The van der Waals surface area contributed by atoms with Crippen molar-refractivity contribution < 1.29 is 4.74 Å². The Hall–Kier alpha value is -1.09. The molecule has 130 valence electrons. The molecule has 1 N–H and O–H groups in total. The van der Waals surface area contributed by atoms with E-state index in [4.69, 9.17) is 39.5 Å². The second-order valence-electron chi connectivity index (χ2n) is 6.28. The Morgan fingerprint density at radius 1 is 0.958 bits per heavy atom. The Bertz CT molecular complexity index is 684. The highest BCUT2D eigenvalue weighted by atomic mass is 35.5. The maximum absolute atomic E-state index is 6.12. The molecule has 0 spiro atoms. The summed E-state index contributed by atoms with van der Waals surface area (Å²) in [7, 11) is 0. The van der Waals surface area contributed by atoms with E-state index in [1.807, 2.05) is 12.1 Å². The van der Waals surface area contributed by atoms with Gasteiger partial charge in [0.15, 0.2) is 0 Å². The van der Waals surface area contributed by atoms with Crippen LogP contribution >= 0.6 is 34.8 Å². The van der Waals surface area contributed by atoms with Crippen LogP contribution in [0.1, 0.15) is 32.8 Å². The van der Waals surface area contributed by atoms with Gasteiger partial charge in [0.1, 0.15) is 12.4 Å². The molecular formula is C19H22Cl3NO. The molecule has 0 fully saturated rings. The van der Waals surface area contributed by atoms with Gasteiger partial charge in [0, 0.05) is 6.54 Å². The van der Waals surface area contributed by atoms with Crippen LogP contribution in [0.4, 0.5) is 5.69 Å². The van der Waals surface area contributed by atoms with Gasteiger partial charge in [-0.15, -0.1) is 0 Å². The number of benzene rings is 2. The van der Waals surface area contributed by atoms with E-state index in [0.717, 1.165) is 17.9 Å². The van der Waals surface area contributed by atoms with Gasteiger partial charge in [0.25, 0.3) is 0 Å². The first-order valence-corrected chi connectivity index (χ1v) is 9.08. The second-order valence-corrected chi connectivity index (χ2v) is 7.50. The van der Waals surface area contributed by atoms with E-state index in [-0.39, 0.29) is 5.41 Å². The van der Waals surface area contributed by atoms with E-state index in [9.17, 15) is 0 Å². The van der Waals surface area contributed by atoms with Crippen LogP contribution in [0.15, 0.2) is 36.4 Å². The summed E-state index contributed by atoms with van der Waals surface area (Å²) in [6, 6.07) is 11.6. The van der Waals surface area contributed by atoms with E-state index < -0.39 is 0 Å². The van der Waals surface area contributed by atoms with Gasteiger partial charge >= 0.3 is 0 Å². The number of ether oxygens (including phenoxy) is 1. The summed E-state index contributed by atoms with van der Waals surface area (Å²) in [5.41, 5.74) is 2.25. The van der Waals surface area contributed by atoms with Crippen molar-refractivity contribution in [2.24, 2.45) is 0 Å². The van der Waals surface area contributed by atoms with Crippen molar-refractivity contribution in [2.45, 2.75) is 32.6 Å². The lowest BCUT2D eigenvalue weighted by atomic mass is 9.82. The van der Waals surface area contributed by atoms with Crippen LogP contribution in [0.3, 0.4) is 0 Å². The first-order chi connectivity index (χ1) is 11.3. The van der Waals surface area contributed by atoms with Crippen molar-refractivity contribution >= 4 is 40.5 Å². The average Bonchev–Trinajstić information content (AvgIpc) is 2.56. The van der Waals surface area contributed by atoms with Gasteiger partial charge < -0.3 is 10.1 Å². The minimum Gasteiger partial charge on any atom is -0.492 e. The molecule has 24 heavy (non-hydrogen) atoms. The SMILES string of the molecule is CCC(C)(C)c1ccc(OCCNc2cc(Cl)c(Cl)cc2Cl)cc1. The summed E-state index contributed by atoms with van der Waals surface area (Å²) in [6.07, 6.45) is 1.10. The molecule has 0 amide bonds. The summed E-state index contributed by atoms with van der Waals surface area (Å²) < 4.78 is 5.76. The molecule has 0 saturated heterocycles. The molecule has 0 heterocycles. The average molecular weight is 387 g/mol. The van der Waals surface area contributed by atoms with Crippen molar-refractivity contribution in [3.8, 4) is 5.75 Å². The summed E-state index contributed by atoms with van der Waals surface area (Å²) in [6.45, 7) is 7.82. The van der Waals surface area contributed by atoms with Crippen LogP contribution in [-0.2, 0) is 5.41 Å². The highest BCUT2D eigenvalue weighted by Crippen LogP contribution is 2.32. The number of halogens is 3. The number of anilines is 1. The molecule has 0 saturated carbocycles. The highest BCUT2D eigenvalue weighted by Gasteiger charge is 2.17. The van der Waals surface area contributed by atoms with Gasteiger partial charge in [-0.25, -0.2) is 0 Å². The molecule has 0 aromatic heterocycles. The minimum atomic E-state index is 0.185. The molecule has 0 unspecified atom stereocenters. The molecule has 0 aliphatic heterocycles. The predicted octanol–water partition coefficient (Wildman–Crippen LogP) is 6.83. The topological polar surface area (TPSA) is 21.3 Å². The monoisotopic (exact) mass is 385 g/mol. The Morgan fingerprint density at radius 3 is 2.21 bits per heavy atom. The zero-order chi connectivity index (χ0) is 17.7. The van der Waals surface area contributed by atoms with Crippen LogP contribution in [-0.4, -0.2) is 13.2 Å². The molecule has 0 aliphatic carbocycles. The summed E-state index contributed by atoms with van der Waals surface area (Å²) >= 11 is 18.0. The van der Waals surface area contributed by atoms with Crippen molar-refractivity contribution in [1.82, 2.24) is 0 Å². The number of nitrogens with one attached hydrogen (secondary N) is 1. The fraction of sp³-hybridized carbons (Fsp3) is 0.368. The lowest BCUT2D eigenvalue weighted by Crippen LogP contribution is -2.15. The predicted molar refractivity (Wildman–Crippen MR) is 105 cm³/mol. The largest absolute Gasteiger partial charge is 0.492 e. The third-order valence-corrected chi connectivity index (χ3v) is 5.25. The van der Waals surface area contributed by atoms with Crippen molar-refractivity contribution in [3.05, 3.63) is 57.0 Å². The molecule has 2 rings (SSSR count). The molecule has 0 atom stereocenters. The van der Waals surface area contributed by atoms with E-state index in [2.05, 4.69) is 38.2 Å². The molecule has 2 aromatic carbocycles. The summed E-state index contributed by atoms with van der Waals surface area (Å²) in [5, 5.41) is 4.65. The number of hydrogen-bond donors (Lipinski definition) is 1. The fourth-order valence-electron chi connectivity index (χ4n) is 2.22. The van der Waals surface area contributed by atoms with E-state index >= 15 is 0 Å². The lowest BCUT2D eigenvalue weighted by molar-refractivity contribution is 0.332. The van der Waals surface area contributed by atoms with Gasteiger partial charge in [0.2, 0.25) is 0 Å². The first kappa shape index (κ1) is 19.2. The second kappa shape index (κ2) is 8.33. The Balaban J connectivity index is 1.86. The zero-order valence-corrected chi connectivity index (χ0v) is 16.4. The maximum Gasteiger partial charge on any atom is 0.119 e. The third kappa shape index (κ3) is 4.95. The van der Waals surface area contributed by atoms with Gasteiger partial charge in [-0.2, -0.15) is 0 Å². The smallest absolute Gasteiger partial charge is 0.119 e. The lowest BCUT2D eigenvalue weighted by Gasteiger charge is -2.23. The number of rotatable bonds is 7. The van der Waals surface area contributed by atoms with Crippen LogP contribution in [0.25, 0.3) is 0 Å². The maximum atomic E-state index is 6.12. The van der Waals surface area contributed by atoms with E-state index in [0.29, 0.717) is 28.2 Å². The van der Waals surface area contributed by atoms with Crippen LogP contribution in [0.5, 0.6) is 5.75 Å². The van der Waals surface area contributed by atoms with Gasteiger partial charge in [-0.1, -0.05) is 67.7 Å². The quantitative estimate of drug-likeness (QED) is 0.416. The molecule has 0 radical (unpaired) electrons. The molecule has 0 bridgehead atoms.